The molecule has 0 bridgehead atoms. The van der Waals surface area contributed by atoms with Crippen molar-refractivity contribution in [3.8, 4) is 0 Å². The van der Waals surface area contributed by atoms with Crippen molar-refractivity contribution in [1.29, 1.82) is 0 Å². The number of pyridine rings is 1. The van der Waals surface area contributed by atoms with E-state index in [9.17, 15) is 10.1 Å². The Labute approximate surface area is 107 Å². The Bertz CT molecular complexity index is 423. The van der Waals surface area contributed by atoms with Crippen molar-refractivity contribution in [2.75, 3.05) is 18.4 Å². The molecule has 1 aromatic rings. The average molecular weight is 301 g/mol. The standard InChI is InChI=1S/C10H13BrN4O2/c11-7-5-9(15(16)17)10(14-6-7)13-4-3-12-8-1-2-8/h5-6,8,12H,1-4H2,(H,13,14). The summed E-state index contributed by atoms with van der Waals surface area (Å²) in [4.78, 5) is 14.4. The number of hydrogen-bond donors (Lipinski definition) is 2. The van der Waals surface area contributed by atoms with Gasteiger partial charge in [-0.25, -0.2) is 4.98 Å². The van der Waals surface area contributed by atoms with Gasteiger partial charge in [0.15, 0.2) is 0 Å². The number of aromatic nitrogens is 1. The average Bonchev–Trinajstić information content (AvgIpc) is 3.09. The molecular weight excluding hydrogens is 288 g/mol. The Hall–Kier alpha value is -1.21. The van der Waals surface area contributed by atoms with Gasteiger partial charge in [0.2, 0.25) is 5.82 Å². The van der Waals surface area contributed by atoms with Crippen LogP contribution in [0.1, 0.15) is 12.8 Å². The molecule has 1 aliphatic rings. The lowest BCUT2D eigenvalue weighted by Gasteiger charge is -2.06. The third-order valence-corrected chi connectivity index (χ3v) is 2.89. The molecule has 0 aliphatic heterocycles. The molecule has 17 heavy (non-hydrogen) atoms. The van der Waals surface area contributed by atoms with E-state index in [1.165, 1.54) is 18.9 Å². The molecule has 0 atom stereocenters. The van der Waals surface area contributed by atoms with Crippen LogP contribution in [0.5, 0.6) is 0 Å². The van der Waals surface area contributed by atoms with Gasteiger partial charge in [-0.1, -0.05) is 0 Å². The Morgan fingerprint density at radius 1 is 1.53 bits per heavy atom. The SMILES string of the molecule is O=[N+]([O-])c1cc(Br)cnc1NCCNC1CC1. The lowest BCUT2D eigenvalue weighted by Crippen LogP contribution is -2.24. The predicted molar refractivity (Wildman–Crippen MR) is 68.1 cm³/mol. The molecule has 0 radical (unpaired) electrons. The molecule has 6 nitrogen and oxygen atoms in total. The summed E-state index contributed by atoms with van der Waals surface area (Å²) >= 11 is 3.17. The summed E-state index contributed by atoms with van der Waals surface area (Å²) in [7, 11) is 0. The monoisotopic (exact) mass is 300 g/mol. The van der Waals surface area contributed by atoms with Crippen molar-refractivity contribution in [2.45, 2.75) is 18.9 Å². The van der Waals surface area contributed by atoms with E-state index in [-0.39, 0.29) is 5.69 Å². The number of halogens is 1. The Balaban J connectivity index is 1.91. The fourth-order valence-electron chi connectivity index (χ4n) is 1.45. The largest absolute Gasteiger partial charge is 0.363 e. The molecule has 2 rings (SSSR count). The second-order valence-corrected chi connectivity index (χ2v) is 4.85. The van der Waals surface area contributed by atoms with Crippen LogP contribution in [0.3, 0.4) is 0 Å². The fourth-order valence-corrected chi connectivity index (χ4v) is 1.77. The van der Waals surface area contributed by atoms with E-state index in [2.05, 4.69) is 31.5 Å². The highest BCUT2D eigenvalue weighted by Gasteiger charge is 2.20. The molecule has 1 heterocycles. The minimum absolute atomic E-state index is 0.00852. The van der Waals surface area contributed by atoms with Gasteiger partial charge in [0.25, 0.3) is 0 Å². The van der Waals surface area contributed by atoms with Crippen molar-refractivity contribution in [2.24, 2.45) is 0 Å². The molecule has 0 amide bonds. The highest BCUT2D eigenvalue weighted by molar-refractivity contribution is 9.10. The summed E-state index contributed by atoms with van der Waals surface area (Å²) < 4.78 is 0.603. The molecule has 7 heteroatoms. The highest BCUT2D eigenvalue weighted by Crippen LogP contribution is 2.25. The number of nitrogens with zero attached hydrogens (tertiary/aromatic N) is 2. The van der Waals surface area contributed by atoms with Gasteiger partial charge in [-0.2, -0.15) is 0 Å². The summed E-state index contributed by atoms with van der Waals surface area (Å²) in [5.74, 6) is 0.316. The van der Waals surface area contributed by atoms with E-state index in [0.717, 1.165) is 6.54 Å². The Morgan fingerprint density at radius 3 is 2.94 bits per heavy atom. The highest BCUT2D eigenvalue weighted by atomic mass is 79.9. The van der Waals surface area contributed by atoms with E-state index in [0.29, 0.717) is 22.9 Å². The maximum absolute atomic E-state index is 10.8. The molecule has 1 saturated carbocycles. The molecule has 0 saturated heterocycles. The summed E-state index contributed by atoms with van der Waals surface area (Å²) in [5, 5.41) is 17.1. The van der Waals surface area contributed by atoms with E-state index in [1.54, 1.807) is 6.20 Å². The van der Waals surface area contributed by atoms with Crippen molar-refractivity contribution < 1.29 is 4.92 Å². The van der Waals surface area contributed by atoms with Crippen molar-refractivity contribution >= 4 is 27.4 Å². The summed E-state index contributed by atoms with van der Waals surface area (Å²) in [6.07, 6.45) is 4.01. The summed E-state index contributed by atoms with van der Waals surface area (Å²) in [6, 6.07) is 2.09. The van der Waals surface area contributed by atoms with Gasteiger partial charge in [-0.05, 0) is 28.8 Å². The van der Waals surface area contributed by atoms with Gasteiger partial charge in [-0.15, -0.1) is 0 Å². The number of nitrogens with one attached hydrogen (secondary N) is 2. The first-order chi connectivity index (χ1) is 8.16. The first-order valence-electron chi connectivity index (χ1n) is 5.44. The second-order valence-electron chi connectivity index (χ2n) is 3.93. The lowest BCUT2D eigenvalue weighted by atomic mass is 10.4. The normalized spacial score (nSPS) is 14.6. The molecule has 0 unspecified atom stereocenters. The van der Waals surface area contributed by atoms with Gasteiger partial charge < -0.3 is 10.6 Å². The second kappa shape index (κ2) is 5.42. The van der Waals surface area contributed by atoms with E-state index in [1.807, 2.05) is 0 Å². The lowest BCUT2D eigenvalue weighted by molar-refractivity contribution is -0.384. The molecule has 1 aliphatic carbocycles. The third kappa shape index (κ3) is 3.64. The molecule has 0 spiro atoms. The molecule has 92 valence electrons. The van der Waals surface area contributed by atoms with E-state index >= 15 is 0 Å². The quantitative estimate of drug-likeness (QED) is 0.476. The van der Waals surface area contributed by atoms with Crippen LogP contribution in [-0.4, -0.2) is 29.0 Å². The van der Waals surface area contributed by atoms with E-state index in [4.69, 9.17) is 0 Å². The first-order valence-corrected chi connectivity index (χ1v) is 6.23. The van der Waals surface area contributed by atoms with Crippen LogP contribution in [0.2, 0.25) is 0 Å². The van der Waals surface area contributed by atoms with Crippen molar-refractivity contribution in [1.82, 2.24) is 10.3 Å². The van der Waals surface area contributed by atoms with Gasteiger partial charge >= 0.3 is 5.69 Å². The maximum atomic E-state index is 10.8. The van der Waals surface area contributed by atoms with Gasteiger partial charge in [0.1, 0.15) is 0 Å². The number of nitro groups is 1. The molecular formula is C10H13BrN4O2. The van der Waals surface area contributed by atoms with E-state index < -0.39 is 4.92 Å². The minimum Gasteiger partial charge on any atom is -0.363 e. The molecule has 2 N–H and O–H groups in total. The van der Waals surface area contributed by atoms with Crippen LogP contribution in [0.4, 0.5) is 11.5 Å². The molecule has 1 fully saturated rings. The fraction of sp³-hybridized carbons (Fsp3) is 0.500. The van der Waals surface area contributed by atoms with Crippen LogP contribution in [0.15, 0.2) is 16.7 Å². The first kappa shape index (κ1) is 12.3. The van der Waals surface area contributed by atoms with Gasteiger partial charge in [0, 0.05) is 35.9 Å². The Morgan fingerprint density at radius 2 is 2.29 bits per heavy atom. The minimum atomic E-state index is -0.436. The van der Waals surface area contributed by atoms with Crippen molar-refractivity contribution in [3.05, 3.63) is 26.9 Å². The van der Waals surface area contributed by atoms with Gasteiger partial charge in [-0.3, -0.25) is 10.1 Å². The number of hydrogen-bond acceptors (Lipinski definition) is 5. The van der Waals surface area contributed by atoms with Crippen LogP contribution >= 0.6 is 15.9 Å². The van der Waals surface area contributed by atoms with Crippen LogP contribution < -0.4 is 10.6 Å². The summed E-state index contributed by atoms with van der Waals surface area (Å²) in [6.45, 7) is 1.42. The zero-order chi connectivity index (χ0) is 12.3. The zero-order valence-corrected chi connectivity index (χ0v) is 10.7. The van der Waals surface area contributed by atoms with Crippen LogP contribution in [-0.2, 0) is 0 Å². The van der Waals surface area contributed by atoms with Crippen molar-refractivity contribution in [3.63, 3.8) is 0 Å². The third-order valence-electron chi connectivity index (χ3n) is 2.46. The predicted octanol–water partition coefficient (Wildman–Crippen LogP) is 1.92. The number of anilines is 1. The number of rotatable bonds is 6. The Kier molecular flexibility index (Phi) is 3.90. The maximum Gasteiger partial charge on any atom is 0.312 e. The van der Waals surface area contributed by atoms with Gasteiger partial charge in [0.05, 0.1) is 4.92 Å². The smallest absolute Gasteiger partial charge is 0.312 e. The topological polar surface area (TPSA) is 80.1 Å². The van der Waals surface area contributed by atoms with Crippen LogP contribution in [0, 0.1) is 10.1 Å². The zero-order valence-electron chi connectivity index (χ0n) is 9.15. The van der Waals surface area contributed by atoms with Crippen LogP contribution in [0.25, 0.3) is 0 Å². The summed E-state index contributed by atoms with van der Waals surface area (Å²) in [5.41, 5.74) is -0.00852. The molecule has 1 aromatic heterocycles. The molecule has 0 aromatic carbocycles.